The lowest BCUT2D eigenvalue weighted by atomic mass is 10.2. The van der Waals surface area contributed by atoms with Crippen LogP contribution in [0.2, 0.25) is 0 Å². The van der Waals surface area contributed by atoms with Crippen molar-refractivity contribution in [1.29, 1.82) is 0 Å². The van der Waals surface area contributed by atoms with Gasteiger partial charge in [-0.25, -0.2) is 9.89 Å². The van der Waals surface area contributed by atoms with Crippen LogP contribution in [0.5, 0.6) is 0 Å². The van der Waals surface area contributed by atoms with Gasteiger partial charge in [0.05, 0.1) is 12.7 Å². The first-order chi connectivity index (χ1) is 9.22. The fourth-order valence-electron chi connectivity index (χ4n) is 2.69. The van der Waals surface area contributed by atoms with Crippen molar-refractivity contribution < 1.29 is 4.74 Å². The van der Waals surface area contributed by atoms with Gasteiger partial charge in [-0.3, -0.25) is 14.7 Å². The van der Waals surface area contributed by atoms with E-state index < -0.39 is 11.2 Å². The molecular weight excluding hydrogens is 250 g/mol. The molecule has 2 aliphatic rings. The van der Waals surface area contributed by atoms with E-state index in [2.05, 4.69) is 25.4 Å². The SMILES string of the molecule is O=c1[nH]nc(NCC2CN3CCCC3CO2)c(=O)[nH]1. The van der Waals surface area contributed by atoms with Gasteiger partial charge in [0, 0.05) is 19.1 Å². The van der Waals surface area contributed by atoms with Gasteiger partial charge in [-0.15, -0.1) is 5.10 Å². The van der Waals surface area contributed by atoms with Crippen LogP contribution in [0, 0.1) is 0 Å². The third-order valence-corrected chi connectivity index (χ3v) is 3.67. The van der Waals surface area contributed by atoms with Gasteiger partial charge in [0.2, 0.25) is 5.82 Å². The van der Waals surface area contributed by atoms with Gasteiger partial charge in [0.1, 0.15) is 0 Å². The van der Waals surface area contributed by atoms with Crippen molar-refractivity contribution in [2.24, 2.45) is 0 Å². The lowest BCUT2D eigenvalue weighted by Crippen LogP contribution is -2.48. The molecule has 104 valence electrons. The lowest BCUT2D eigenvalue weighted by Gasteiger charge is -2.35. The Bertz CT molecular complexity index is 554. The molecule has 8 nitrogen and oxygen atoms in total. The average Bonchev–Trinajstić information content (AvgIpc) is 2.85. The summed E-state index contributed by atoms with van der Waals surface area (Å²) in [4.78, 5) is 26.8. The van der Waals surface area contributed by atoms with Crippen LogP contribution >= 0.6 is 0 Å². The van der Waals surface area contributed by atoms with Crippen LogP contribution in [0.25, 0.3) is 0 Å². The number of morpholine rings is 1. The second kappa shape index (κ2) is 5.14. The number of H-pyrrole nitrogens is 2. The van der Waals surface area contributed by atoms with Crippen LogP contribution in [-0.4, -0.2) is 58.5 Å². The number of nitrogens with zero attached hydrogens (tertiary/aromatic N) is 2. The van der Waals surface area contributed by atoms with Crippen LogP contribution < -0.4 is 16.6 Å². The molecule has 0 spiro atoms. The summed E-state index contributed by atoms with van der Waals surface area (Å²) < 4.78 is 5.76. The predicted molar refractivity (Wildman–Crippen MR) is 68.3 cm³/mol. The smallest absolute Gasteiger partial charge is 0.342 e. The number of rotatable bonds is 3. The van der Waals surface area contributed by atoms with Gasteiger partial charge >= 0.3 is 5.69 Å². The van der Waals surface area contributed by atoms with Crippen LogP contribution in [0.1, 0.15) is 12.8 Å². The van der Waals surface area contributed by atoms with Gasteiger partial charge < -0.3 is 10.1 Å². The highest BCUT2D eigenvalue weighted by Gasteiger charge is 2.32. The fourth-order valence-corrected chi connectivity index (χ4v) is 2.69. The maximum atomic E-state index is 11.4. The van der Waals surface area contributed by atoms with E-state index in [1.165, 1.54) is 12.8 Å². The zero-order valence-corrected chi connectivity index (χ0v) is 10.5. The second-order valence-corrected chi connectivity index (χ2v) is 4.98. The van der Waals surface area contributed by atoms with E-state index in [1.54, 1.807) is 0 Å². The zero-order valence-electron chi connectivity index (χ0n) is 10.5. The van der Waals surface area contributed by atoms with Crippen LogP contribution in [-0.2, 0) is 4.74 Å². The molecule has 0 radical (unpaired) electrons. The standard InChI is InChI=1S/C11H17N5O3/c17-10-9(14-15-11(18)13-10)12-4-8-5-16-3-1-2-7(16)6-19-8/h7-8H,1-6H2,(H,12,14)(H2,13,15,17,18). The summed E-state index contributed by atoms with van der Waals surface area (Å²) in [6.45, 7) is 3.26. The van der Waals surface area contributed by atoms with E-state index in [4.69, 9.17) is 4.74 Å². The molecule has 2 unspecified atom stereocenters. The summed E-state index contributed by atoms with van der Waals surface area (Å²) >= 11 is 0. The molecule has 0 aliphatic carbocycles. The minimum absolute atomic E-state index is 0.0440. The predicted octanol–water partition coefficient (Wildman–Crippen LogP) is -1.27. The molecular formula is C11H17N5O3. The minimum Gasteiger partial charge on any atom is -0.373 e. The number of aromatic nitrogens is 3. The van der Waals surface area contributed by atoms with E-state index in [9.17, 15) is 9.59 Å². The molecule has 0 bridgehead atoms. The number of hydrogen-bond acceptors (Lipinski definition) is 6. The molecule has 19 heavy (non-hydrogen) atoms. The normalized spacial score (nSPS) is 27.2. The monoisotopic (exact) mass is 267 g/mol. The van der Waals surface area contributed by atoms with E-state index in [0.29, 0.717) is 12.6 Å². The van der Waals surface area contributed by atoms with Crippen molar-refractivity contribution >= 4 is 5.82 Å². The fraction of sp³-hybridized carbons (Fsp3) is 0.727. The summed E-state index contributed by atoms with van der Waals surface area (Å²) in [6.07, 6.45) is 2.49. The number of anilines is 1. The largest absolute Gasteiger partial charge is 0.373 e. The van der Waals surface area contributed by atoms with Crippen molar-refractivity contribution in [1.82, 2.24) is 20.1 Å². The Kier molecular flexibility index (Phi) is 3.34. The molecule has 3 rings (SSSR count). The first-order valence-electron chi connectivity index (χ1n) is 6.51. The molecule has 1 aromatic rings. The van der Waals surface area contributed by atoms with Crippen molar-refractivity contribution in [2.45, 2.75) is 25.0 Å². The molecule has 0 amide bonds. The van der Waals surface area contributed by atoms with Gasteiger partial charge in [0.15, 0.2) is 0 Å². The van der Waals surface area contributed by atoms with Crippen LogP contribution in [0.15, 0.2) is 9.59 Å². The molecule has 0 aromatic carbocycles. The summed E-state index contributed by atoms with van der Waals surface area (Å²) in [7, 11) is 0. The maximum Gasteiger partial charge on any atom is 0.342 e. The van der Waals surface area contributed by atoms with Crippen LogP contribution in [0.3, 0.4) is 0 Å². The van der Waals surface area contributed by atoms with Crippen LogP contribution in [0.4, 0.5) is 5.82 Å². The Morgan fingerprint density at radius 2 is 2.37 bits per heavy atom. The summed E-state index contributed by atoms with van der Waals surface area (Å²) in [6, 6.07) is 0.561. The second-order valence-electron chi connectivity index (χ2n) is 4.98. The lowest BCUT2D eigenvalue weighted by molar-refractivity contribution is -0.0416. The highest BCUT2D eigenvalue weighted by molar-refractivity contribution is 5.28. The zero-order chi connectivity index (χ0) is 13.2. The third-order valence-electron chi connectivity index (χ3n) is 3.67. The van der Waals surface area contributed by atoms with Gasteiger partial charge in [-0.1, -0.05) is 0 Å². The van der Waals surface area contributed by atoms with Gasteiger partial charge in [-0.2, -0.15) is 0 Å². The first kappa shape index (κ1) is 12.4. The number of hydrogen-bond donors (Lipinski definition) is 3. The van der Waals surface area contributed by atoms with E-state index in [1.807, 2.05) is 0 Å². The first-order valence-corrected chi connectivity index (χ1v) is 6.51. The Hall–Kier alpha value is -1.67. The maximum absolute atomic E-state index is 11.4. The molecule has 3 N–H and O–H groups in total. The molecule has 0 saturated carbocycles. The van der Waals surface area contributed by atoms with Gasteiger partial charge in [0.25, 0.3) is 5.56 Å². The quantitative estimate of drug-likeness (QED) is 0.631. The number of ether oxygens (including phenoxy) is 1. The summed E-state index contributed by atoms with van der Waals surface area (Å²) in [5, 5.41) is 8.77. The highest BCUT2D eigenvalue weighted by atomic mass is 16.5. The van der Waals surface area contributed by atoms with Crippen molar-refractivity contribution in [3.63, 3.8) is 0 Å². The molecule has 2 atom stereocenters. The molecule has 3 heterocycles. The number of nitrogens with one attached hydrogen (secondary N) is 3. The van der Waals surface area contributed by atoms with E-state index in [-0.39, 0.29) is 11.9 Å². The molecule has 8 heteroatoms. The molecule has 1 aromatic heterocycles. The van der Waals surface area contributed by atoms with Gasteiger partial charge in [-0.05, 0) is 19.4 Å². The Balaban J connectivity index is 1.57. The highest BCUT2D eigenvalue weighted by Crippen LogP contribution is 2.22. The third kappa shape index (κ3) is 2.69. The van der Waals surface area contributed by atoms with Crippen molar-refractivity contribution in [3.8, 4) is 0 Å². The Morgan fingerprint density at radius 1 is 1.47 bits per heavy atom. The van der Waals surface area contributed by atoms with E-state index >= 15 is 0 Å². The topological polar surface area (TPSA) is 103 Å². The summed E-state index contributed by atoms with van der Waals surface area (Å²) in [5.41, 5.74) is -1.12. The van der Waals surface area contributed by atoms with E-state index in [0.717, 1.165) is 19.7 Å². The van der Waals surface area contributed by atoms with Crippen molar-refractivity contribution in [3.05, 3.63) is 20.8 Å². The minimum atomic E-state index is -0.607. The van der Waals surface area contributed by atoms with Crippen molar-refractivity contribution in [2.75, 3.05) is 31.6 Å². The Morgan fingerprint density at radius 3 is 3.21 bits per heavy atom. The Labute approximate surface area is 109 Å². The number of fused-ring (bicyclic) bond motifs is 1. The average molecular weight is 267 g/mol. The molecule has 2 saturated heterocycles. The summed E-state index contributed by atoms with van der Waals surface area (Å²) in [5.74, 6) is 0.117. The molecule has 2 fully saturated rings. The number of aromatic amines is 2. The molecule has 2 aliphatic heterocycles.